The molecule has 0 bridgehead atoms. The number of carboxylic acid groups (broad SMARTS) is 1. The van der Waals surface area contributed by atoms with Crippen LogP contribution in [-0.4, -0.2) is 30.1 Å². The first-order valence-corrected chi connectivity index (χ1v) is 5.81. The smallest absolute Gasteiger partial charge is 0.358 e. The van der Waals surface area contributed by atoms with Crippen LogP contribution >= 0.6 is 0 Å². The predicted octanol–water partition coefficient (Wildman–Crippen LogP) is 1.91. The maximum absolute atomic E-state index is 10.8. The van der Waals surface area contributed by atoms with Gasteiger partial charge < -0.3 is 23.8 Å². The Bertz CT molecular complexity index is 663. The van der Waals surface area contributed by atoms with Gasteiger partial charge in [-0.2, -0.15) is 0 Å². The van der Waals surface area contributed by atoms with E-state index >= 15 is 0 Å². The number of fused-ring (bicyclic) bond motifs is 1. The summed E-state index contributed by atoms with van der Waals surface area (Å²) in [6.07, 6.45) is 0. The van der Waals surface area contributed by atoms with E-state index in [9.17, 15) is 4.79 Å². The molecule has 1 aliphatic rings. The van der Waals surface area contributed by atoms with E-state index < -0.39 is 5.97 Å². The van der Waals surface area contributed by atoms with Crippen LogP contribution in [0.2, 0.25) is 0 Å². The number of aromatic nitrogens is 1. The average Bonchev–Trinajstić information content (AvgIpc) is 2.95. The molecule has 1 aliphatic heterocycles. The molecule has 7 nitrogen and oxygen atoms in total. The third-order valence-electron chi connectivity index (χ3n) is 2.93. The average molecular weight is 277 g/mol. The van der Waals surface area contributed by atoms with Crippen molar-refractivity contribution < 1.29 is 28.6 Å². The Morgan fingerprint density at radius 3 is 2.95 bits per heavy atom. The van der Waals surface area contributed by atoms with Gasteiger partial charge in [0, 0.05) is 11.6 Å². The second kappa shape index (κ2) is 4.86. The first-order valence-electron chi connectivity index (χ1n) is 5.81. The highest BCUT2D eigenvalue weighted by molar-refractivity contribution is 5.87. The Labute approximate surface area is 113 Å². The van der Waals surface area contributed by atoms with Gasteiger partial charge in [0.25, 0.3) is 0 Å². The van der Waals surface area contributed by atoms with E-state index in [0.29, 0.717) is 29.4 Å². The van der Waals surface area contributed by atoms with Crippen molar-refractivity contribution in [3.8, 4) is 22.8 Å². The molecule has 1 N–H and O–H groups in total. The summed E-state index contributed by atoms with van der Waals surface area (Å²) in [5.41, 5.74) is 1.27. The van der Waals surface area contributed by atoms with Crippen LogP contribution in [0, 0.1) is 0 Å². The number of rotatable bonds is 3. The number of hydrogen-bond acceptors (Lipinski definition) is 6. The minimum absolute atomic E-state index is 0.163. The zero-order chi connectivity index (χ0) is 14.1. The number of benzene rings is 1. The van der Waals surface area contributed by atoms with E-state index in [1.54, 1.807) is 12.1 Å². The Balaban J connectivity index is 2.08. The minimum atomic E-state index is -1.15. The summed E-state index contributed by atoms with van der Waals surface area (Å²) < 4.78 is 20.9. The van der Waals surface area contributed by atoms with Crippen LogP contribution in [-0.2, 0) is 11.3 Å². The molecule has 0 unspecified atom stereocenters. The fraction of sp³-hybridized carbons (Fsp3) is 0.231. The van der Waals surface area contributed by atoms with Gasteiger partial charge in [0.05, 0.1) is 19.3 Å². The van der Waals surface area contributed by atoms with Crippen molar-refractivity contribution in [1.29, 1.82) is 0 Å². The fourth-order valence-electron chi connectivity index (χ4n) is 1.97. The van der Waals surface area contributed by atoms with E-state index in [0.717, 1.165) is 5.56 Å². The molecule has 0 spiro atoms. The summed E-state index contributed by atoms with van der Waals surface area (Å²) >= 11 is 0. The van der Waals surface area contributed by atoms with Crippen LogP contribution in [0.1, 0.15) is 16.1 Å². The van der Waals surface area contributed by atoms with Crippen LogP contribution in [0.3, 0.4) is 0 Å². The lowest BCUT2D eigenvalue weighted by Crippen LogP contribution is -2.11. The molecule has 0 atom stereocenters. The van der Waals surface area contributed by atoms with Gasteiger partial charge in [0.15, 0.2) is 18.2 Å². The normalized spacial score (nSPS) is 13.4. The number of nitrogens with zero attached hydrogens (tertiary/aromatic N) is 1. The molecular formula is C13H11NO6. The van der Waals surface area contributed by atoms with Crippen LogP contribution < -0.4 is 9.47 Å². The molecule has 1 aromatic carbocycles. The molecule has 20 heavy (non-hydrogen) atoms. The summed E-state index contributed by atoms with van der Waals surface area (Å²) in [6, 6.07) is 4.83. The van der Waals surface area contributed by atoms with Crippen molar-refractivity contribution in [2.45, 2.75) is 6.61 Å². The van der Waals surface area contributed by atoms with Crippen molar-refractivity contribution >= 4 is 5.97 Å². The zero-order valence-electron chi connectivity index (χ0n) is 10.6. The SMILES string of the molecule is COc1cc2c(cc1-c1cc(C(=O)O)no1)OCOC2. The summed E-state index contributed by atoms with van der Waals surface area (Å²) in [7, 11) is 1.52. The number of aromatic carboxylic acids is 1. The second-order valence-corrected chi connectivity index (χ2v) is 4.15. The molecule has 3 rings (SSSR count). The third-order valence-corrected chi connectivity index (χ3v) is 2.93. The van der Waals surface area contributed by atoms with E-state index in [-0.39, 0.29) is 12.5 Å². The summed E-state index contributed by atoms with van der Waals surface area (Å²) in [5, 5.41) is 12.4. The standard InChI is InChI=1S/C13H11NO6/c1-17-11-2-7-5-18-6-19-10(7)3-8(11)12-4-9(13(15)16)14-20-12/h2-4H,5-6H2,1H3,(H,15,16). The number of hydrogen-bond donors (Lipinski definition) is 1. The maximum atomic E-state index is 10.8. The molecule has 0 fully saturated rings. The van der Waals surface area contributed by atoms with Crippen LogP contribution in [0.15, 0.2) is 22.7 Å². The highest BCUT2D eigenvalue weighted by atomic mass is 16.7. The highest BCUT2D eigenvalue weighted by Gasteiger charge is 2.20. The first-order chi connectivity index (χ1) is 9.69. The maximum Gasteiger partial charge on any atom is 0.358 e. The van der Waals surface area contributed by atoms with Crippen LogP contribution in [0.25, 0.3) is 11.3 Å². The zero-order valence-corrected chi connectivity index (χ0v) is 10.6. The van der Waals surface area contributed by atoms with E-state index in [1.165, 1.54) is 13.2 Å². The number of carboxylic acids is 1. The summed E-state index contributed by atoms with van der Waals surface area (Å²) in [4.78, 5) is 10.8. The van der Waals surface area contributed by atoms with Gasteiger partial charge in [-0.3, -0.25) is 0 Å². The van der Waals surface area contributed by atoms with E-state index in [4.69, 9.17) is 23.8 Å². The lowest BCUT2D eigenvalue weighted by atomic mass is 10.1. The molecule has 0 aliphatic carbocycles. The molecule has 104 valence electrons. The number of ether oxygens (including phenoxy) is 3. The monoisotopic (exact) mass is 277 g/mol. The Morgan fingerprint density at radius 2 is 2.25 bits per heavy atom. The Hall–Kier alpha value is -2.54. The molecule has 0 radical (unpaired) electrons. The van der Waals surface area contributed by atoms with Gasteiger partial charge in [-0.1, -0.05) is 5.16 Å². The van der Waals surface area contributed by atoms with Crippen LogP contribution in [0.5, 0.6) is 11.5 Å². The Kier molecular flexibility index (Phi) is 3.03. The molecular weight excluding hydrogens is 266 g/mol. The number of methoxy groups -OCH3 is 1. The molecule has 0 saturated heterocycles. The van der Waals surface area contributed by atoms with Gasteiger partial charge in [0.2, 0.25) is 0 Å². The minimum Gasteiger partial charge on any atom is -0.496 e. The molecule has 7 heteroatoms. The number of carbonyl (C=O) groups is 1. The quantitative estimate of drug-likeness (QED) is 0.916. The first kappa shape index (κ1) is 12.5. The molecule has 2 aromatic rings. The van der Waals surface area contributed by atoms with Crippen LogP contribution in [0.4, 0.5) is 0 Å². The van der Waals surface area contributed by atoms with Crippen molar-refractivity contribution in [2.24, 2.45) is 0 Å². The lowest BCUT2D eigenvalue weighted by Gasteiger charge is -2.19. The van der Waals surface area contributed by atoms with E-state index in [1.807, 2.05) is 0 Å². The van der Waals surface area contributed by atoms with E-state index in [2.05, 4.69) is 5.16 Å². The van der Waals surface area contributed by atoms with Gasteiger partial charge in [0.1, 0.15) is 11.5 Å². The third kappa shape index (κ3) is 2.08. The van der Waals surface area contributed by atoms with Crippen molar-refractivity contribution in [2.75, 3.05) is 13.9 Å². The predicted molar refractivity (Wildman–Crippen MR) is 65.7 cm³/mol. The van der Waals surface area contributed by atoms with Gasteiger partial charge >= 0.3 is 5.97 Å². The molecule has 0 amide bonds. The summed E-state index contributed by atoms with van der Waals surface area (Å²) in [5.74, 6) is 0.338. The fourth-order valence-corrected chi connectivity index (χ4v) is 1.97. The second-order valence-electron chi connectivity index (χ2n) is 4.15. The molecule has 2 heterocycles. The summed E-state index contributed by atoms with van der Waals surface area (Å²) in [6.45, 7) is 0.609. The Morgan fingerprint density at radius 1 is 1.40 bits per heavy atom. The van der Waals surface area contributed by atoms with Crippen molar-refractivity contribution in [3.63, 3.8) is 0 Å². The topological polar surface area (TPSA) is 91.0 Å². The van der Waals surface area contributed by atoms with Crippen molar-refractivity contribution in [3.05, 3.63) is 29.5 Å². The van der Waals surface area contributed by atoms with Gasteiger partial charge in [-0.05, 0) is 12.1 Å². The lowest BCUT2D eigenvalue weighted by molar-refractivity contribution is -0.0164. The highest BCUT2D eigenvalue weighted by Crippen LogP contribution is 2.38. The largest absolute Gasteiger partial charge is 0.496 e. The van der Waals surface area contributed by atoms with Gasteiger partial charge in [-0.25, -0.2) is 4.79 Å². The molecule has 0 saturated carbocycles. The molecule has 1 aromatic heterocycles. The van der Waals surface area contributed by atoms with Crippen molar-refractivity contribution in [1.82, 2.24) is 5.16 Å². The van der Waals surface area contributed by atoms with Gasteiger partial charge in [-0.15, -0.1) is 0 Å².